The van der Waals surface area contributed by atoms with Crippen molar-refractivity contribution < 1.29 is 22.7 Å². The fourth-order valence-electron chi connectivity index (χ4n) is 3.00. The number of alkyl halides is 3. The summed E-state index contributed by atoms with van der Waals surface area (Å²) in [5.41, 5.74) is -1.61. The Bertz CT molecular complexity index is 910. The zero-order valence-electron chi connectivity index (χ0n) is 14.7. The van der Waals surface area contributed by atoms with E-state index >= 15 is 0 Å². The average Bonchev–Trinajstić information content (AvgIpc) is 3.04. The number of carbonyl (C=O) groups is 1. The summed E-state index contributed by atoms with van der Waals surface area (Å²) in [6.07, 6.45) is -1.16. The van der Waals surface area contributed by atoms with Gasteiger partial charge in [-0.1, -0.05) is 6.07 Å². The summed E-state index contributed by atoms with van der Waals surface area (Å²) in [5.74, 6) is -0.393. The molecule has 0 atom stereocenters. The van der Waals surface area contributed by atoms with Crippen LogP contribution in [0.25, 0.3) is 5.69 Å². The summed E-state index contributed by atoms with van der Waals surface area (Å²) in [5, 5.41) is 13.5. The molecule has 1 heterocycles. The average molecular weight is 378 g/mol. The van der Waals surface area contributed by atoms with Gasteiger partial charge in [-0.05, 0) is 37.5 Å². The van der Waals surface area contributed by atoms with Crippen LogP contribution in [-0.2, 0) is 6.18 Å². The molecule has 0 saturated heterocycles. The minimum atomic E-state index is -4.49. The summed E-state index contributed by atoms with van der Waals surface area (Å²) < 4.78 is 45.2. The number of carbonyl (C=O) groups excluding carboxylic acids is 1. The Morgan fingerprint density at radius 3 is 2.63 bits per heavy atom. The van der Waals surface area contributed by atoms with Crippen molar-refractivity contribution in [2.24, 2.45) is 0 Å². The Morgan fingerprint density at radius 1 is 1.41 bits per heavy atom. The Labute approximate surface area is 153 Å². The van der Waals surface area contributed by atoms with Crippen molar-refractivity contribution >= 4 is 5.91 Å². The van der Waals surface area contributed by atoms with Gasteiger partial charge in [0.25, 0.3) is 5.91 Å². The van der Waals surface area contributed by atoms with Gasteiger partial charge in [-0.3, -0.25) is 4.79 Å². The van der Waals surface area contributed by atoms with Crippen LogP contribution in [0.4, 0.5) is 13.2 Å². The molecule has 1 aliphatic rings. The van der Waals surface area contributed by atoms with Crippen LogP contribution in [0.5, 0.6) is 5.75 Å². The molecule has 2 aromatic rings. The molecule has 0 aliphatic heterocycles. The molecule has 1 saturated carbocycles. The topological polar surface area (TPSA) is 71.2 Å². The Balaban J connectivity index is 1.97. The zero-order valence-corrected chi connectivity index (χ0v) is 14.7. The monoisotopic (exact) mass is 378 g/mol. The van der Waals surface area contributed by atoms with Crippen LogP contribution in [0, 0.1) is 11.3 Å². The van der Waals surface area contributed by atoms with Crippen molar-refractivity contribution in [2.45, 2.75) is 31.0 Å². The zero-order chi connectivity index (χ0) is 19.8. The van der Waals surface area contributed by atoms with E-state index in [4.69, 9.17) is 4.74 Å². The van der Waals surface area contributed by atoms with Crippen LogP contribution in [-0.4, -0.2) is 40.3 Å². The third kappa shape index (κ3) is 3.23. The molecular weight excluding hydrogens is 361 g/mol. The number of nitrogens with zero attached hydrogens (tertiary/aromatic N) is 4. The van der Waals surface area contributed by atoms with Crippen LogP contribution >= 0.6 is 0 Å². The second-order valence-corrected chi connectivity index (χ2v) is 6.40. The number of amides is 1. The van der Waals surface area contributed by atoms with Crippen molar-refractivity contribution in [1.29, 1.82) is 5.26 Å². The van der Waals surface area contributed by atoms with Gasteiger partial charge in [0.2, 0.25) is 0 Å². The van der Waals surface area contributed by atoms with E-state index in [-0.39, 0.29) is 17.1 Å². The van der Waals surface area contributed by atoms with Gasteiger partial charge in [-0.25, -0.2) is 4.68 Å². The van der Waals surface area contributed by atoms with E-state index in [1.54, 1.807) is 0 Å². The van der Waals surface area contributed by atoms with E-state index in [0.29, 0.717) is 12.8 Å². The van der Waals surface area contributed by atoms with E-state index in [9.17, 15) is 23.2 Å². The van der Waals surface area contributed by atoms with Crippen LogP contribution < -0.4 is 4.74 Å². The number of ether oxygens (including phenoxy) is 1. The molecule has 0 spiro atoms. The molecule has 9 heteroatoms. The highest BCUT2D eigenvalue weighted by Gasteiger charge is 2.44. The predicted octanol–water partition coefficient (Wildman–Crippen LogP) is 3.42. The first kappa shape index (κ1) is 18.8. The van der Waals surface area contributed by atoms with Crippen LogP contribution in [0.15, 0.2) is 30.5 Å². The minimum Gasteiger partial charge on any atom is -0.493 e. The van der Waals surface area contributed by atoms with Gasteiger partial charge >= 0.3 is 6.18 Å². The molecule has 27 heavy (non-hydrogen) atoms. The Morgan fingerprint density at radius 2 is 2.11 bits per heavy atom. The summed E-state index contributed by atoms with van der Waals surface area (Å²) in [6.45, 7) is 0. The number of aromatic nitrogens is 2. The van der Waals surface area contributed by atoms with Crippen molar-refractivity contribution in [2.75, 3.05) is 14.2 Å². The maximum atomic E-state index is 12.9. The van der Waals surface area contributed by atoms with Crippen molar-refractivity contribution in [3.63, 3.8) is 0 Å². The summed E-state index contributed by atoms with van der Waals surface area (Å²) >= 11 is 0. The van der Waals surface area contributed by atoms with Crippen molar-refractivity contribution in [1.82, 2.24) is 14.7 Å². The molecule has 0 radical (unpaired) electrons. The van der Waals surface area contributed by atoms with E-state index in [0.717, 1.165) is 23.2 Å². The normalized spacial score (nSPS) is 15.6. The first-order valence-corrected chi connectivity index (χ1v) is 8.22. The number of hydrogen-bond donors (Lipinski definition) is 0. The fourth-order valence-corrected chi connectivity index (χ4v) is 3.00. The van der Waals surface area contributed by atoms with Crippen molar-refractivity contribution in [3.05, 3.63) is 41.7 Å². The molecule has 142 valence electrons. The number of hydrogen-bond acceptors (Lipinski definition) is 4. The second-order valence-electron chi connectivity index (χ2n) is 6.40. The fraction of sp³-hybridized carbons (Fsp3) is 0.389. The molecule has 6 nitrogen and oxygen atoms in total. The summed E-state index contributed by atoms with van der Waals surface area (Å²) in [4.78, 5) is 14.2. The lowest BCUT2D eigenvalue weighted by atomic mass is 9.76. The Kier molecular flexibility index (Phi) is 4.59. The molecule has 0 N–H and O–H groups in total. The van der Waals surface area contributed by atoms with Crippen LogP contribution in [0.1, 0.15) is 35.3 Å². The smallest absolute Gasteiger partial charge is 0.416 e. The standard InChI is InChI=1S/C18H17F3N4O2/c1-24(17(11-22)7-4-8-17)16(26)15-14(27-2)10-25(23-15)13-6-3-5-12(9-13)18(19,20)21/h3,5-6,9-10H,4,7-8H2,1-2H3. The summed E-state index contributed by atoms with van der Waals surface area (Å²) in [7, 11) is 2.86. The second kappa shape index (κ2) is 6.61. The van der Waals surface area contributed by atoms with Gasteiger partial charge < -0.3 is 9.64 Å². The highest BCUT2D eigenvalue weighted by atomic mass is 19.4. The van der Waals surface area contributed by atoms with E-state index in [1.165, 1.54) is 37.4 Å². The lowest BCUT2D eigenvalue weighted by Crippen LogP contribution is -2.53. The molecule has 1 fully saturated rings. The number of methoxy groups -OCH3 is 1. The Hall–Kier alpha value is -3.02. The molecule has 1 aliphatic carbocycles. The third-order valence-corrected chi connectivity index (χ3v) is 4.88. The maximum Gasteiger partial charge on any atom is 0.416 e. The van der Waals surface area contributed by atoms with Gasteiger partial charge in [0.05, 0.1) is 30.6 Å². The predicted molar refractivity (Wildman–Crippen MR) is 89.4 cm³/mol. The number of rotatable bonds is 4. The number of benzene rings is 1. The number of nitriles is 1. The largest absolute Gasteiger partial charge is 0.493 e. The highest BCUT2D eigenvalue weighted by molar-refractivity contribution is 5.95. The summed E-state index contributed by atoms with van der Waals surface area (Å²) in [6, 6.07) is 6.77. The molecule has 0 unspecified atom stereocenters. The van der Waals surface area contributed by atoms with Crippen LogP contribution in [0.2, 0.25) is 0 Å². The van der Waals surface area contributed by atoms with Gasteiger partial charge in [0, 0.05) is 7.05 Å². The highest BCUT2D eigenvalue weighted by Crippen LogP contribution is 2.37. The molecule has 1 aromatic carbocycles. The van der Waals surface area contributed by atoms with E-state index in [1.807, 2.05) is 0 Å². The SMILES string of the molecule is COc1cn(-c2cccc(C(F)(F)F)c2)nc1C(=O)N(C)C1(C#N)CCC1. The lowest BCUT2D eigenvalue weighted by Gasteiger charge is -2.42. The molecular formula is C18H17F3N4O2. The van der Waals surface area contributed by atoms with Gasteiger partial charge in [0.1, 0.15) is 5.54 Å². The van der Waals surface area contributed by atoms with Gasteiger partial charge in [-0.2, -0.15) is 23.5 Å². The lowest BCUT2D eigenvalue weighted by molar-refractivity contribution is -0.137. The number of halogens is 3. The van der Waals surface area contributed by atoms with Crippen molar-refractivity contribution in [3.8, 4) is 17.5 Å². The van der Waals surface area contributed by atoms with Gasteiger partial charge in [0.15, 0.2) is 11.4 Å². The van der Waals surface area contributed by atoms with Crippen LogP contribution in [0.3, 0.4) is 0 Å². The third-order valence-electron chi connectivity index (χ3n) is 4.88. The van der Waals surface area contributed by atoms with E-state index < -0.39 is 23.2 Å². The minimum absolute atomic E-state index is 0.0565. The molecule has 1 amide bonds. The maximum absolute atomic E-state index is 12.9. The molecule has 3 rings (SSSR count). The van der Waals surface area contributed by atoms with E-state index in [2.05, 4.69) is 11.2 Å². The molecule has 0 bridgehead atoms. The first-order valence-electron chi connectivity index (χ1n) is 8.22. The van der Waals surface area contributed by atoms with Gasteiger partial charge in [-0.15, -0.1) is 0 Å². The quantitative estimate of drug-likeness (QED) is 0.817. The molecule has 1 aromatic heterocycles. The first-order chi connectivity index (χ1) is 12.7.